The Balaban J connectivity index is 1.34. The average Bonchev–Trinajstić information content (AvgIpc) is 3.30. The fourth-order valence-corrected chi connectivity index (χ4v) is 3.37. The van der Waals surface area contributed by atoms with Crippen LogP contribution in [0.1, 0.15) is 0 Å². The first kappa shape index (κ1) is 20.3. The summed E-state index contributed by atoms with van der Waals surface area (Å²) in [5.74, 6) is 2.00. The molecule has 8 heteroatoms. The van der Waals surface area contributed by atoms with E-state index in [1.165, 1.54) is 6.07 Å². The van der Waals surface area contributed by atoms with Gasteiger partial charge < -0.3 is 19.5 Å². The summed E-state index contributed by atoms with van der Waals surface area (Å²) in [7, 11) is 0. The summed E-state index contributed by atoms with van der Waals surface area (Å²) in [6.07, 6.45) is 0. The van der Waals surface area contributed by atoms with Crippen molar-refractivity contribution in [2.24, 2.45) is 0 Å². The van der Waals surface area contributed by atoms with E-state index < -0.39 is 5.91 Å². The van der Waals surface area contributed by atoms with Crippen molar-refractivity contribution in [3.05, 3.63) is 95.3 Å². The van der Waals surface area contributed by atoms with Crippen molar-refractivity contribution in [2.45, 2.75) is 6.54 Å². The number of ether oxygens (including phenoxy) is 3. The molecule has 0 atom stereocenters. The number of rotatable bonds is 6. The number of carbonyl (C=O) groups excluding carboxylic acids is 1. The monoisotopic (exact) mass is 441 g/mol. The van der Waals surface area contributed by atoms with Crippen molar-refractivity contribution in [2.75, 3.05) is 12.1 Å². The van der Waals surface area contributed by atoms with Gasteiger partial charge in [-0.25, -0.2) is 4.68 Å². The molecule has 1 N–H and O–H groups in total. The van der Waals surface area contributed by atoms with Crippen LogP contribution < -0.4 is 25.1 Å². The molecule has 8 nitrogen and oxygen atoms in total. The first-order chi connectivity index (χ1) is 16.2. The molecule has 1 aromatic heterocycles. The molecule has 2 heterocycles. The highest BCUT2D eigenvalue weighted by atomic mass is 16.7. The molecule has 0 saturated carbocycles. The number of anilines is 1. The largest absolute Gasteiger partial charge is 0.455 e. The second kappa shape index (κ2) is 8.88. The van der Waals surface area contributed by atoms with Gasteiger partial charge in [0.05, 0.1) is 11.4 Å². The van der Waals surface area contributed by atoms with E-state index in [4.69, 9.17) is 14.2 Å². The molecule has 0 spiro atoms. The third kappa shape index (κ3) is 4.54. The molecule has 0 fully saturated rings. The lowest BCUT2D eigenvalue weighted by Crippen LogP contribution is -2.29. The number of aromatic nitrogens is 2. The normalized spacial score (nSPS) is 11.8. The van der Waals surface area contributed by atoms with E-state index in [9.17, 15) is 9.59 Å². The Morgan fingerprint density at radius 3 is 2.61 bits per heavy atom. The van der Waals surface area contributed by atoms with Crippen LogP contribution in [0.3, 0.4) is 0 Å². The van der Waals surface area contributed by atoms with Crippen molar-refractivity contribution >= 4 is 11.6 Å². The molecule has 1 amide bonds. The Labute approximate surface area is 189 Å². The van der Waals surface area contributed by atoms with Gasteiger partial charge in [-0.1, -0.05) is 30.3 Å². The summed E-state index contributed by atoms with van der Waals surface area (Å²) in [5.41, 5.74) is 1.39. The van der Waals surface area contributed by atoms with Gasteiger partial charge in [-0.05, 0) is 48.5 Å². The number of hydrogen-bond donors (Lipinski definition) is 1. The Kier molecular flexibility index (Phi) is 5.47. The predicted octanol–water partition coefficient (Wildman–Crippen LogP) is 4.07. The van der Waals surface area contributed by atoms with Crippen molar-refractivity contribution in [1.29, 1.82) is 0 Å². The first-order valence-electron chi connectivity index (χ1n) is 10.3. The summed E-state index contributed by atoms with van der Waals surface area (Å²) in [4.78, 5) is 25.1. The second-order valence-corrected chi connectivity index (χ2v) is 7.24. The quantitative estimate of drug-likeness (QED) is 0.485. The number of amides is 1. The highest BCUT2D eigenvalue weighted by molar-refractivity contribution is 5.92. The first-order valence-corrected chi connectivity index (χ1v) is 10.3. The second-order valence-electron chi connectivity index (χ2n) is 7.24. The van der Waals surface area contributed by atoms with Gasteiger partial charge in [-0.15, -0.1) is 0 Å². The van der Waals surface area contributed by atoms with Crippen LogP contribution in [-0.2, 0) is 11.3 Å². The Morgan fingerprint density at radius 1 is 0.939 bits per heavy atom. The van der Waals surface area contributed by atoms with Gasteiger partial charge in [0.25, 0.3) is 5.56 Å². The van der Waals surface area contributed by atoms with E-state index in [0.717, 1.165) is 10.2 Å². The molecule has 0 bridgehead atoms. The molecule has 1 aliphatic rings. The van der Waals surface area contributed by atoms with Gasteiger partial charge >= 0.3 is 0 Å². The molecule has 164 valence electrons. The van der Waals surface area contributed by atoms with Crippen LogP contribution in [0, 0.1) is 0 Å². The third-order valence-electron chi connectivity index (χ3n) is 4.96. The van der Waals surface area contributed by atoms with Crippen LogP contribution in [0.2, 0.25) is 0 Å². The summed E-state index contributed by atoms with van der Waals surface area (Å²) < 4.78 is 17.7. The molecule has 0 unspecified atom stereocenters. The Hall–Kier alpha value is -4.59. The van der Waals surface area contributed by atoms with E-state index in [-0.39, 0.29) is 18.9 Å². The maximum Gasteiger partial charge on any atom is 0.267 e. The molecule has 0 saturated heterocycles. The van der Waals surface area contributed by atoms with Gasteiger partial charge in [0.2, 0.25) is 12.7 Å². The number of nitrogens with zero attached hydrogens (tertiary/aromatic N) is 2. The summed E-state index contributed by atoms with van der Waals surface area (Å²) in [6.45, 7) is -0.0851. The average molecular weight is 441 g/mol. The smallest absolute Gasteiger partial charge is 0.267 e. The van der Waals surface area contributed by atoms with E-state index in [1.807, 2.05) is 42.5 Å². The molecule has 1 aliphatic heterocycles. The minimum Gasteiger partial charge on any atom is -0.455 e. The number of carbonyl (C=O) groups is 1. The SMILES string of the molecule is O=C(Cn1nc(-c2ccc3c(c2)OCO3)ccc1=O)Nc1ccccc1Oc1ccccc1. The fraction of sp³-hybridized carbons (Fsp3) is 0.0800. The molecule has 4 aromatic rings. The number of para-hydroxylation sites is 3. The topological polar surface area (TPSA) is 91.7 Å². The fourth-order valence-electron chi connectivity index (χ4n) is 3.37. The van der Waals surface area contributed by atoms with Gasteiger partial charge in [-0.2, -0.15) is 5.10 Å². The lowest BCUT2D eigenvalue weighted by Gasteiger charge is -2.13. The van der Waals surface area contributed by atoms with E-state index in [2.05, 4.69) is 10.4 Å². The minimum absolute atomic E-state index is 0.168. The van der Waals surface area contributed by atoms with Crippen molar-refractivity contribution in [3.63, 3.8) is 0 Å². The van der Waals surface area contributed by atoms with Gasteiger partial charge in [-0.3, -0.25) is 9.59 Å². The summed E-state index contributed by atoms with van der Waals surface area (Å²) in [6, 6.07) is 24.7. The number of benzene rings is 3. The van der Waals surface area contributed by atoms with E-state index in [0.29, 0.717) is 34.4 Å². The zero-order valence-corrected chi connectivity index (χ0v) is 17.4. The van der Waals surface area contributed by atoms with E-state index in [1.54, 1.807) is 36.4 Å². The molecular formula is C25H19N3O5. The summed E-state index contributed by atoms with van der Waals surface area (Å²) in [5, 5.41) is 7.16. The molecule has 5 rings (SSSR count). The van der Waals surface area contributed by atoms with Crippen LogP contribution >= 0.6 is 0 Å². The van der Waals surface area contributed by atoms with Gasteiger partial charge in [0.1, 0.15) is 12.3 Å². The van der Waals surface area contributed by atoms with Crippen LogP contribution in [-0.4, -0.2) is 22.5 Å². The minimum atomic E-state index is -0.406. The standard InChI is InChI=1S/C25H19N3O5/c29-24(26-20-8-4-5-9-21(20)33-18-6-2-1-3-7-18)15-28-25(30)13-11-19(27-28)17-10-12-22-23(14-17)32-16-31-22/h1-14H,15-16H2,(H,26,29). The molecule has 3 aromatic carbocycles. The van der Waals surface area contributed by atoms with Crippen molar-refractivity contribution < 1.29 is 19.0 Å². The number of fused-ring (bicyclic) bond motifs is 1. The van der Waals surface area contributed by atoms with Crippen molar-refractivity contribution in [3.8, 4) is 34.3 Å². The maximum absolute atomic E-state index is 12.7. The van der Waals surface area contributed by atoms with Crippen LogP contribution in [0.4, 0.5) is 5.69 Å². The predicted molar refractivity (Wildman–Crippen MR) is 122 cm³/mol. The van der Waals surface area contributed by atoms with Gasteiger partial charge in [0, 0.05) is 11.6 Å². The zero-order valence-electron chi connectivity index (χ0n) is 17.4. The summed E-state index contributed by atoms with van der Waals surface area (Å²) >= 11 is 0. The molecule has 0 aliphatic carbocycles. The maximum atomic E-state index is 12.7. The molecular weight excluding hydrogens is 422 g/mol. The Morgan fingerprint density at radius 2 is 1.73 bits per heavy atom. The molecule has 0 radical (unpaired) electrons. The van der Waals surface area contributed by atoms with Crippen molar-refractivity contribution in [1.82, 2.24) is 9.78 Å². The van der Waals surface area contributed by atoms with Crippen LogP contribution in [0.5, 0.6) is 23.0 Å². The lowest BCUT2D eigenvalue weighted by molar-refractivity contribution is -0.117. The highest BCUT2D eigenvalue weighted by Crippen LogP contribution is 2.35. The highest BCUT2D eigenvalue weighted by Gasteiger charge is 2.16. The van der Waals surface area contributed by atoms with Crippen LogP contribution in [0.25, 0.3) is 11.3 Å². The Bertz CT molecular complexity index is 1370. The number of nitrogens with one attached hydrogen (secondary N) is 1. The third-order valence-corrected chi connectivity index (χ3v) is 4.96. The molecule has 33 heavy (non-hydrogen) atoms. The van der Waals surface area contributed by atoms with Gasteiger partial charge in [0.15, 0.2) is 17.2 Å². The van der Waals surface area contributed by atoms with Crippen LogP contribution in [0.15, 0.2) is 89.7 Å². The lowest BCUT2D eigenvalue weighted by atomic mass is 10.1. The zero-order chi connectivity index (χ0) is 22.6. The van der Waals surface area contributed by atoms with E-state index >= 15 is 0 Å². The number of hydrogen-bond acceptors (Lipinski definition) is 6.